The van der Waals surface area contributed by atoms with Crippen LogP contribution in [0.25, 0.3) is 11.1 Å². The van der Waals surface area contributed by atoms with E-state index in [0.717, 1.165) is 17.7 Å². The Balaban J connectivity index is 2.49. The van der Waals surface area contributed by atoms with Gasteiger partial charge in [0, 0.05) is 23.9 Å². The molecular formula is C16H24N4O3. The van der Waals surface area contributed by atoms with Crippen LogP contribution >= 0.6 is 0 Å². The molecule has 0 saturated heterocycles. The summed E-state index contributed by atoms with van der Waals surface area (Å²) >= 11 is 0. The van der Waals surface area contributed by atoms with Crippen LogP contribution in [-0.2, 0) is 11.4 Å². The standard InChI is InChI=1S/C16H24N4O3/c1-5-19-9-12(8-18-19)13-6-7-14(20(21)22-4)15(17)16(13)23-10-11(2)3/h6-9,11,21H,5,10,17H2,1-4H3. The van der Waals surface area contributed by atoms with Crippen LogP contribution in [-0.4, -0.2) is 28.7 Å². The number of hydrogen-bond acceptors (Lipinski definition) is 6. The third-order valence-corrected chi connectivity index (χ3v) is 3.38. The van der Waals surface area contributed by atoms with E-state index in [1.165, 1.54) is 7.11 Å². The molecule has 0 unspecified atom stereocenters. The van der Waals surface area contributed by atoms with Crippen LogP contribution < -0.4 is 15.7 Å². The van der Waals surface area contributed by atoms with E-state index in [1.54, 1.807) is 12.3 Å². The highest BCUT2D eigenvalue weighted by Gasteiger charge is 2.18. The zero-order valence-electron chi connectivity index (χ0n) is 14.0. The molecule has 0 aliphatic heterocycles. The molecule has 23 heavy (non-hydrogen) atoms. The number of benzene rings is 1. The summed E-state index contributed by atoms with van der Waals surface area (Å²) in [5, 5.41) is 14.7. The van der Waals surface area contributed by atoms with Crippen molar-refractivity contribution in [3.05, 3.63) is 24.5 Å². The Labute approximate surface area is 136 Å². The van der Waals surface area contributed by atoms with E-state index < -0.39 is 0 Å². The predicted octanol–water partition coefficient (Wildman–Crippen LogP) is 2.94. The van der Waals surface area contributed by atoms with Crippen LogP contribution in [0.4, 0.5) is 11.4 Å². The average molecular weight is 320 g/mol. The Bertz CT molecular complexity index is 655. The number of aryl methyl sites for hydroxylation is 1. The number of nitrogen functional groups attached to an aromatic ring is 1. The van der Waals surface area contributed by atoms with Crippen LogP contribution in [0.5, 0.6) is 5.75 Å². The van der Waals surface area contributed by atoms with Gasteiger partial charge in [0.25, 0.3) is 0 Å². The van der Waals surface area contributed by atoms with E-state index >= 15 is 0 Å². The van der Waals surface area contributed by atoms with Crippen molar-refractivity contribution in [2.75, 3.05) is 24.7 Å². The topological polar surface area (TPSA) is 85.8 Å². The summed E-state index contributed by atoms with van der Waals surface area (Å²) in [7, 11) is 1.35. The molecule has 0 fully saturated rings. The molecule has 1 aromatic heterocycles. The second-order valence-electron chi connectivity index (χ2n) is 5.62. The molecule has 0 radical (unpaired) electrons. The number of anilines is 2. The van der Waals surface area contributed by atoms with Crippen molar-refractivity contribution >= 4 is 11.4 Å². The van der Waals surface area contributed by atoms with Gasteiger partial charge in [-0.3, -0.25) is 14.7 Å². The maximum atomic E-state index is 9.77. The fourth-order valence-corrected chi connectivity index (χ4v) is 2.16. The van der Waals surface area contributed by atoms with E-state index in [2.05, 4.69) is 18.9 Å². The van der Waals surface area contributed by atoms with Gasteiger partial charge in [0.15, 0.2) is 5.75 Å². The van der Waals surface area contributed by atoms with Crippen LogP contribution in [0.2, 0.25) is 0 Å². The lowest BCUT2D eigenvalue weighted by Crippen LogP contribution is -2.18. The Morgan fingerprint density at radius 1 is 1.39 bits per heavy atom. The van der Waals surface area contributed by atoms with E-state index in [9.17, 15) is 5.21 Å². The smallest absolute Gasteiger partial charge is 0.152 e. The molecular weight excluding hydrogens is 296 g/mol. The second kappa shape index (κ2) is 7.34. The van der Waals surface area contributed by atoms with Gasteiger partial charge < -0.3 is 10.5 Å². The van der Waals surface area contributed by atoms with Crippen molar-refractivity contribution in [3.8, 4) is 16.9 Å². The molecule has 126 valence electrons. The molecule has 0 saturated carbocycles. The fourth-order valence-electron chi connectivity index (χ4n) is 2.16. The fraction of sp³-hybridized carbons (Fsp3) is 0.438. The number of aromatic nitrogens is 2. The van der Waals surface area contributed by atoms with Crippen LogP contribution in [0.1, 0.15) is 20.8 Å². The van der Waals surface area contributed by atoms with Gasteiger partial charge in [-0.2, -0.15) is 5.10 Å². The quantitative estimate of drug-likeness (QED) is 0.602. The van der Waals surface area contributed by atoms with Gasteiger partial charge in [0.2, 0.25) is 0 Å². The van der Waals surface area contributed by atoms with E-state index in [4.69, 9.17) is 15.3 Å². The van der Waals surface area contributed by atoms with Gasteiger partial charge >= 0.3 is 0 Å². The summed E-state index contributed by atoms with van der Waals surface area (Å²) in [6.45, 7) is 7.43. The number of nitrogens with two attached hydrogens (primary N) is 1. The summed E-state index contributed by atoms with van der Waals surface area (Å²) in [5.41, 5.74) is 8.58. The summed E-state index contributed by atoms with van der Waals surface area (Å²) in [6, 6.07) is 3.51. The maximum absolute atomic E-state index is 9.77. The molecule has 2 rings (SSSR count). The van der Waals surface area contributed by atoms with Gasteiger partial charge in [-0.25, -0.2) is 0 Å². The normalized spacial score (nSPS) is 11.0. The first-order valence-corrected chi connectivity index (χ1v) is 7.59. The zero-order valence-corrected chi connectivity index (χ0v) is 14.0. The highest BCUT2D eigenvalue weighted by molar-refractivity contribution is 5.84. The second-order valence-corrected chi connectivity index (χ2v) is 5.62. The van der Waals surface area contributed by atoms with Crippen molar-refractivity contribution in [2.24, 2.45) is 5.92 Å². The van der Waals surface area contributed by atoms with Crippen LogP contribution in [0.3, 0.4) is 0 Å². The molecule has 1 heterocycles. The first-order valence-electron chi connectivity index (χ1n) is 7.59. The van der Waals surface area contributed by atoms with E-state index in [1.807, 2.05) is 23.9 Å². The Hall–Kier alpha value is -2.25. The van der Waals surface area contributed by atoms with Gasteiger partial charge in [-0.1, -0.05) is 13.8 Å². The lowest BCUT2D eigenvalue weighted by atomic mass is 10.1. The lowest BCUT2D eigenvalue weighted by Gasteiger charge is -2.20. The number of hydrogen-bond donors (Lipinski definition) is 2. The Morgan fingerprint density at radius 3 is 2.70 bits per heavy atom. The highest BCUT2D eigenvalue weighted by atomic mass is 16.9. The molecule has 7 heteroatoms. The third kappa shape index (κ3) is 3.75. The van der Waals surface area contributed by atoms with Crippen LogP contribution in [0, 0.1) is 5.92 Å². The van der Waals surface area contributed by atoms with E-state index in [-0.39, 0.29) is 0 Å². The van der Waals surface area contributed by atoms with Crippen LogP contribution in [0.15, 0.2) is 24.5 Å². The number of ether oxygens (including phenoxy) is 1. The first kappa shape index (κ1) is 17.1. The lowest BCUT2D eigenvalue weighted by molar-refractivity contribution is -0.0106. The Morgan fingerprint density at radius 2 is 2.13 bits per heavy atom. The molecule has 0 amide bonds. The maximum Gasteiger partial charge on any atom is 0.152 e. The van der Waals surface area contributed by atoms with Crippen molar-refractivity contribution in [1.29, 1.82) is 0 Å². The number of rotatable bonds is 7. The molecule has 2 aromatic rings. The highest BCUT2D eigenvalue weighted by Crippen LogP contribution is 2.40. The Kier molecular flexibility index (Phi) is 5.46. The summed E-state index contributed by atoms with van der Waals surface area (Å²) < 4.78 is 7.74. The minimum atomic E-state index is 0.316. The molecule has 1 aromatic carbocycles. The van der Waals surface area contributed by atoms with Gasteiger partial charge in [0.05, 0.1) is 19.9 Å². The van der Waals surface area contributed by atoms with Crippen molar-refractivity contribution < 1.29 is 14.8 Å². The van der Waals surface area contributed by atoms with E-state index in [0.29, 0.717) is 34.9 Å². The minimum absolute atomic E-state index is 0.316. The summed E-state index contributed by atoms with van der Waals surface area (Å²) in [6.07, 6.45) is 3.71. The average Bonchev–Trinajstić information content (AvgIpc) is 3.01. The van der Waals surface area contributed by atoms with Crippen molar-refractivity contribution in [3.63, 3.8) is 0 Å². The summed E-state index contributed by atoms with van der Waals surface area (Å²) in [5.74, 6) is 0.861. The first-order chi connectivity index (χ1) is 11.0. The number of nitrogens with zero attached hydrogens (tertiary/aromatic N) is 3. The van der Waals surface area contributed by atoms with Gasteiger partial charge in [-0.15, -0.1) is 5.23 Å². The third-order valence-electron chi connectivity index (χ3n) is 3.38. The molecule has 0 spiro atoms. The zero-order chi connectivity index (χ0) is 17.0. The van der Waals surface area contributed by atoms with Crippen molar-refractivity contribution in [2.45, 2.75) is 27.3 Å². The molecule has 3 N–H and O–H groups in total. The molecule has 0 aliphatic carbocycles. The SMILES string of the molecule is CCn1cc(-c2ccc(N(O)OC)c(N)c2OCC(C)C)cn1. The van der Waals surface area contributed by atoms with Gasteiger partial charge in [0.1, 0.15) is 11.4 Å². The minimum Gasteiger partial charge on any atom is -0.490 e. The molecule has 7 nitrogen and oxygen atoms in total. The monoisotopic (exact) mass is 320 g/mol. The van der Waals surface area contributed by atoms with Crippen molar-refractivity contribution in [1.82, 2.24) is 9.78 Å². The predicted molar refractivity (Wildman–Crippen MR) is 89.4 cm³/mol. The molecule has 0 atom stereocenters. The summed E-state index contributed by atoms with van der Waals surface area (Å²) in [4.78, 5) is 4.80. The molecule has 0 bridgehead atoms. The molecule has 0 aliphatic rings. The largest absolute Gasteiger partial charge is 0.490 e. The van der Waals surface area contributed by atoms with Gasteiger partial charge in [-0.05, 0) is 25.0 Å².